The fourth-order valence-electron chi connectivity index (χ4n) is 2.69. The van der Waals surface area contributed by atoms with Crippen molar-refractivity contribution in [3.8, 4) is 0 Å². The van der Waals surface area contributed by atoms with Crippen molar-refractivity contribution in [2.75, 3.05) is 15.4 Å². The van der Waals surface area contributed by atoms with E-state index < -0.39 is 10.0 Å². The van der Waals surface area contributed by atoms with Crippen LogP contribution in [-0.4, -0.2) is 32.9 Å². The molecule has 0 fully saturated rings. The summed E-state index contributed by atoms with van der Waals surface area (Å²) in [6.07, 6.45) is 4.59. The molecule has 1 aromatic carbocycles. The fraction of sp³-hybridized carbons (Fsp3) is 0.100. The maximum atomic E-state index is 12.5. The number of rotatable bonds is 7. The average Bonchev–Trinajstić information content (AvgIpc) is 3.10. The summed E-state index contributed by atoms with van der Waals surface area (Å²) >= 11 is 0. The molecule has 0 amide bonds. The fourth-order valence-corrected chi connectivity index (χ4v) is 3.79. The van der Waals surface area contributed by atoms with E-state index in [2.05, 4.69) is 35.3 Å². The number of sulfonamides is 1. The molecule has 3 heterocycles. The quantitative estimate of drug-likeness (QED) is 0.403. The molecule has 0 saturated heterocycles. The SMILES string of the molecule is Cc1nc(S(=O)(=O)Nc2ccc(Nc3cc(Nc4ccccn4)ncn3)cc2)cn1C. The highest BCUT2D eigenvalue weighted by molar-refractivity contribution is 7.92. The van der Waals surface area contributed by atoms with Crippen molar-refractivity contribution in [2.45, 2.75) is 11.9 Å². The number of pyridine rings is 1. The molecule has 0 atom stereocenters. The van der Waals surface area contributed by atoms with Gasteiger partial charge in [-0.05, 0) is 43.3 Å². The summed E-state index contributed by atoms with van der Waals surface area (Å²) in [5, 5.41) is 6.23. The van der Waals surface area contributed by atoms with E-state index in [1.807, 2.05) is 18.2 Å². The zero-order chi connectivity index (χ0) is 21.8. The van der Waals surface area contributed by atoms with Crippen LogP contribution < -0.4 is 15.4 Å². The van der Waals surface area contributed by atoms with Crippen LogP contribution in [0.4, 0.5) is 28.8 Å². The van der Waals surface area contributed by atoms with Gasteiger partial charge in [0, 0.05) is 36.9 Å². The molecule has 0 aliphatic carbocycles. The first-order chi connectivity index (χ1) is 14.9. The predicted octanol–water partition coefficient (Wildman–Crippen LogP) is 3.20. The van der Waals surface area contributed by atoms with Gasteiger partial charge in [0.15, 0.2) is 5.03 Å². The summed E-state index contributed by atoms with van der Waals surface area (Å²) in [5.74, 6) is 2.45. The number of hydrogen-bond acceptors (Lipinski definition) is 8. The van der Waals surface area contributed by atoms with Gasteiger partial charge in [-0.15, -0.1) is 0 Å². The minimum Gasteiger partial charge on any atom is -0.340 e. The Kier molecular flexibility index (Phi) is 5.50. The lowest BCUT2D eigenvalue weighted by Gasteiger charge is -2.10. The van der Waals surface area contributed by atoms with Crippen LogP contribution in [-0.2, 0) is 17.1 Å². The third-order valence-corrected chi connectivity index (χ3v) is 5.61. The van der Waals surface area contributed by atoms with Crippen LogP contribution in [0.25, 0.3) is 0 Å². The van der Waals surface area contributed by atoms with Crippen molar-refractivity contribution >= 4 is 38.9 Å². The highest BCUT2D eigenvalue weighted by Crippen LogP contribution is 2.21. The van der Waals surface area contributed by atoms with Crippen molar-refractivity contribution in [3.63, 3.8) is 0 Å². The van der Waals surface area contributed by atoms with Crippen molar-refractivity contribution in [2.24, 2.45) is 7.05 Å². The Balaban J connectivity index is 1.43. The number of anilines is 5. The molecule has 0 unspecified atom stereocenters. The van der Waals surface area contributed by atoms with E-state index in [4.69, 9.17) is 0 Å². The zero-order valence-electron chi connectivity index (χ0n) is 16.8. The molecule has 11 heteroatoms. The van der Waals surface area contributed by atoms with Gasteiger partial charge < -0.3 is 15.2 Å². The van der Waals surface area contributed by atoms with Crippen LogP contribution in [0, 0.1) is 6.92 Å². The summed E-state index contributed by atoms with van der Waals surface area (Å²) in [5.41, 5.74) is 1.16. The minimum atomic E-state index is -3.76. The highest BCUT2D eigenvalue weighted by Gasteiger charge is 2.18. The van der Waals surface area contributed by atoms with E-state index in [0.717, 1.165) is 5.69 Å². The minimum absolute atomic E-state index is 0.0244. The third-order valence-electron chi connectivity index (χ3n) is 4.36. The molecule has 158 valence electrons. The Bertz CT molecular complexity index is 1270. The van der Waals surface area contributed by atoms with Gasteiger partial charge in [0.2, 0.25) is 0 Å². The van der Waals surface area contributed by atoms with E-state index in [-0.39, 0.29) is 5.03 Å². The van der Waals surface area contributed by atoms with E-state index in [1.165, 1.54) is 12.5 Å². The molecule has 0 spiro atoms. The van der Waals surface area contributed by atoms with Crippen molar-refractivity contribution in [3.05, 3.63) is 73.1 Å². The summed E-state index contributed by atoms with van der Waals surface area (Å²) in [4.78, 5) is 16.7. The van der Waals surface area contributed by atoms with Gasteiger partial charge in [-0.25, -0.2) is 19.9 Å². The van der Waals surface area contributed by atoms with Crippen molar-refractivity contribution in [1.29, 1.82) is 0 Å². The van der Waals surface area contributed by atoms with Gasteiger partial charge in [0.25, 0.3) is 10.0 Å². The molecule has 0 aliphatic heterocycles. The van der Waals surface area contributed by atoms with E-state index in [1.54, 1.807) is 55.1 Å². The van der Waals surface area contributed by atoms with Gasteiger partial charge >= 0.3 is 0 Å². The predicted molar refractivity (Wildman–Crippen MR) is 118 cm³/mol. The molecule has 4 aromatic rings. The number of benzene rings is 1. The van der Waals surface area contributed by atoms with Crippen LogP contribution in [0.2, 0.25) is 0 Å². The Labute approximate surface area is 179 Å². The average molecular weight is 437 g/mol. The smallest absolute Gasteiger partial charge is 0.280 e. The summed E-state index contributed by atoms with van der Waals surface area (Å²) < 4.78 is 29.2. The van der Waals surface area contributed by atoms with Crippen molar-refractivity contribution in [1.82, 2.24) is 24.5 Å². The van der Waals surface area contributed by atoms with Crippen LogP contribution in [0.5, 0.6) is 0 Å². The number of nitrogens with one attached hydrogen (secondary N) is 3. The molecule has 0 bridgehead atoms. The third kappa shape index (κ3) is 4.95. The lowest BCUT2D eigenvalue weighted by Crippen LogP contribution is -2.13. The standard InChI is InChI=1S/C20H20N8O2S/c1-14-24-20(12-28(14)2)31(29,30)27-16-8-6-15(7-9-16)25-18-11-19(23-13-22-18)26-17-5-3-4-10-21-17/h3-13,27H,1-2H3,(H2,21,22,23,25,26). The second-order valence-corrected chi connectivity index (χ2v) is 8.30. The second-order valence-electron chi connectivity index (χ2n) is 6.67. The Morgan fingerprint density at radius 1 is 0.871 bits per heavy atom. The normalized spacial score (nSPS) is 11.2. The van der Waals surface area contributed by atoms with Gasteiger partial charge in [0.1, 0.15) is 29.6 Å². The Morgan fingerprint density at radius 2 is 1.58 bits per heavy atom. The molecule has 3 N–H and O–H groups in total. The monoisotopic (exact) mass is 436 g/mol. The largest absolute Gasteiger partial charge is 0.340 e. The second kappa shape index (κ2) is 8.40. The van der Waals surface area contributed by atoms with Crippen LogP contribution in [0.15, 0.2) is 72.3 Å². The molecule has 0 saturated carbocycles. The number of aryl methyl sites for hydroxylation is 2. The molecular formula is C20H20N8O2S. The van der Waals surface area contributed by atoms with Gasteiger partial charge in [0.05, 0.1) is 0 Å². The lowest BCUT2D eigenvalue weighted by atomic mass is 10.3. The summed E-state index contributed by atoms with van der Waals surface area (Å²) in [6.45, 7) is 1.74. The van der Waals surface area contributed by atoms with Crippen LogP contribution >= 0.6 is 0 Å². The summed E-state index contributed by atoms with van der Waals surface area (Å²) in [6, 6.07) is 14.1. The number of hydrogen-bond donors (Lipinski definition) is 3. The molecule has 4 rings (SSSR count). The van der Waals surface area contributed by atoms with Crippen LogP contribution in [0.1, 0.15) is 5.82 Å². The zero-order valence-corrected chi connectivity index (χ0v) is 17.6. The van der Waals surface area contributed by atoms with Gasteiger partial charge in [-0.2, -0.15) is 8.42 Å². The number of imidazole rings is 1. The summed E-state index contributed by atoms with van der Waals surface area (Å²) in [7, 11) is -2.02. The Hall–Kier alpha value is -3.99. The lowest BCUT2D eigenvalue weighted by molar-refractivity contribution is 0.598. The van der Waals surface area contributed by atoms with E-state index in [0.29, 0.717) is 29.0 Å². The van der Waals surface area contributed by atoms with Gasteiger partial charge in [-0.3, -0.25) is 4.72 Å². The molecule has 31 heavy (non-hydrogen) atoms. The van der Waals surface area contributed by atoms with Gasteiger partial charge in [-0.1, -0.05) is 6.07 Å². The number of nitrogens with zero attached hydrogens (tertiary/aromatic N) is 5. The maximum Gasteiger partial charge on any atom is 0.280 e. The van der Waals surface area contributed by atoms with E-state index >= 15 is 0 Å². The molecular weight excluding hydrogens is 416 g/mol. The topological polar surface area (TPSA) is 127 Å². The maximum absolute atomic E-state index is 12.5. The molecule has 3 aromatic heterocycles. The molecule has 0 aliphatic rings. The van der Waals surface area contributed by atoms with Crippen LogP contribution in [0.3, 0.4) is 0 Å². The van der Waals surface area contributed by atoms with E-state index in [9.17, 15) is 8.42 Å². The number of aromatic nitrogens is 5. The highest BCUT2D eigenvalue weighted by atomic mass is 32.2. The Morgan fingerprint density at radius 3 is 2.23 bits per heavy atom. The first-order valence-corrected chi connectivity index (χ1v) is 10.8. The van der Waals surface area contributed by atoms with Crippen molar-refractivity contribution < 1.29 is 8.42 Å². The molecule has 10 nitrogen and oxygen atoms in total. The first-order valence-electron chi connectivity index (χ1n) is 9.29. The first kappa shape index (κ1) is 20.3. The molecule has 0 radical (unpaired) electrons.